The third-order valence-electron chi connectivity index (χ3n) is 3.33. The molecule has 0 spiro atoms. The van der Waals surface area contributed by atoms with Gasteiger partial charge in [-0.05, 0) is 6.07 Å². The minimum absolute atomic E-state index is 0.0968. The lowest BCUT2D eigenvalue weighted by Crippen LogP contribution is -2.21. The Kier molecular flexibility index (Phi) is 2.75. The van der Waals surface area contributed by atoms with Crippen LogP contribution in [0, 0.1) is 0 Å². The van der Waals surface area contributed by atoms with E-state index >= 15 is 0 Å². The van der Waals surface area contributed by atoms with E-state index in [9.17, 15) is 15.0 Å². The average molecular weight is 271 g/mol. The first-order valence-corrected chi connectivity index (χ1v) is 6.16. The van der Waals surface area contributed by atoms with Crippen molar-refractivity contribution in [2.75, 3.05) is 5.73 Å². The van der Waals surface area contributed by atoms with Gasteiger partial charge in [-0.25, -0.2) is 0 Å². The van der Waals surface area contributed by atoms with Crippen molar-refractivity contribution in [1.82, 2.24) is 0 Å². The highest BCUT2D eigenvalue weighted by Gasteiger charge is 2.31. The predicted molar refractivity (Wildman–Crippen MR) is 72.9 cm³/mol. The van der Waals surface area contributed by atoms with Gasteiger partial charge in [0.05, 0.1) is 6.42 Å². The molecule has 4 N–H and O–H groups in total. The summed E-state index contributed by atoms with van der Waals surface area (Å²) < 4.78 is 5.71. The normalized spacial score (nSPS) is 17.4. The van der Waals surface area contributed by atoms with Crippen LogP contribution >= 0.6 is 0 Å². The van der Waals surface area contributed by atoms with Crippen LogP contribution in [0.5, 0.6) is 17.2 Å². The average Bonchev–Trinajstić information content (AvgIpc) is 2.37. The molecule has 3 rings (SSSR count). The first-order chi connectivity index (χ1) is 9.56. The minimum atomic E-state index is -0.516. The number of nitrogen functional groups attached to an aromatic ring is 1. The highest BCUT2D eigenvalue weighted by molar-refractivity contribution is 6.02. The number of nitrogens with two attached hydrogens (primary N) is 1. The van der Waals surface area contributed by atoms with Crippen LogP contribution in [0.2, 0.25) is 0 Å². The second-order valence-corrected chi connectivity index (χ2v) is 4.70. The fourth-order valence-corrected chi connectivity index (χ4v) is 2.40. The molecule has 2 aromatic rings. The number of ether oxygens (including phenoxy) is 1. The number of phenolic OH excluding ortho intramolecular Hbond substituents is 2. The number of aromatic hydroxyl groups is 2. The molecule has 0 bridgehead atoms. The van der Waals surface area contributed by atoms with Crippen LogP contribution in [-0.2, 0) is 0 Å². The molecule has 1 aliphatic heterocycles. The second-order valence-electron chi connectivity index (χ2n) is 4.70. The topological polar surface area (TPSA) is 92.8 Å². The van der Waals surface area contributed by atoms with Crippen LogP contribution in [0.1, 0.15) is 28.4 Å². The van der Waals surface area contributed by atoms with Crippen LogP contribution < -0.4 is 10.5 Å². The van der Waals surface area contributed by atoms with Crippen molar-refractivity contribution in [3.05, 3.63) is 47.5 Å². The standard InChI is InChI=1S/C15H13NO4/c16-10-4-2-1-3-9(10)13-7-12(19)15-11(18)5-8(17)6-14(15)20-13/h1-6,13,17-18H,7,16H2. The van der Waals surface area contributed by atoms with Crippen LogP contribution in [0.15, 0.2) is 36.4 Å². The number of hydrogen-bond donors (Lipinski definition) is 3. The number of ketones is 1. The van der Waals surface area contributed by atoms with E-state index in [1.807, 2.05) is 6.07 Å². The molecule has 5 nitrogen and oxygen atoms in total. The van der Waals surface area contributed by atoms with Crippen molar-refractivity contribution in [2.24, 2.45) is 0 Å². The van der Waals surface area contributed by atoms with Gasteiger partial charge in [0.2, 0.25) is 0 Å². The lowest BCUT2D eigenvalue weighted by atomic mass is 9.95. The molecule has 2 aromatic carbocycles. The second kappa shape index (κ2) is 4.45. The van der Waals surface area contributed by atoms with Crippen molar-refractivity contribution in [2.45, 2.75) is 12.5 Å². The zero-order chi connectivity index (χ0) is 14.3. The van der Waals surface area contributed by atoms with Crippen LogP contribution in [-0.4, -0.2) is 16.0 Å². The smallest absolute Gasteiger partial charge is 0.174 e. The number of carbonyl (C=O) groups excluding carboxylic acids is 1. The maximum atomic E-state index is 12.2. The molecule has 0 radical (unpaired) electrons. The van der Waals surface area contributed by atoms with Gasteiger partial charge in [0.1, 0.15) is 28.9 Å². The molecule has 1 unspecified atom stereocenters. The molecule has 0 saturated heterocycles. The zero-order valence-electron chi connectivity index (χ0n) is 10.5. The Labute approximate surface area is 115 Å². The number of benzene rings is 2. The predicted octanol–water partition coefficient (Wildman–Crippen LogP) is 2.39. The Morgan fingerprint density at radius 2 is 1.95 bits per heavy atom. The Bertz CT molecular complexity index is 696. The molecule has 102 valence electrons. The van der Waals surface area contributed by atoms with Crippen LogP contribution in [0.3, 0.4) is 0 Å². The quantitative estimate of drug-likeness (QED) is 0.692. The molecule has 1 aliphatic rings. The van der Waals surface area contributed by atoms with Crippen LogP contribution in [0.4, 0.5) is 5.69 Å². The third-order valence-corrected chi connectivity index (χ3v) is 3.33. The van der Waals surface area contributed by atoms with Crippen molar-refractivity contribution in [1.29, 1.82) is 0 Å². The first kappa shape index (κ1) is 12.3. The van der Waals surface area contributed by atoms with Gasteiger partial charge in [-0.1, -0.05) is 18.2 Å². The van der Waals surface area contributed by atoms with E-state index in [0.29, 0.717) is 11.3 Å². The summed E-state index contributed by atoms with van der Waals surface area (Å²) in [5, 5.41) is 19.2. The molecule has 1 atom stereocenters. The van der Waals surface area contributed by atoms with Gasteiger partial charge in [0, 0.05) is 23.4 Å². The van der Waals surface area contributed by atoms with E-state index in [1.165, 1.54) is 6.07 Å². The van der Waals surface area contributed by atoms with Crippen molar-refractivity contribution in [3.8, 4) is 17.2 Å². The summed E-state index contributed by atoms with van der Waals surface area (Å²) in [6.45, 7) is 0. The van der Waals surface area contributed by atoms with Gasteiger partial charge in [-0.3, -0.25) is 4.79 Å². The van der Waals surface area contributed by atoms with E-state index in [-0.39, 0.29) is 35.0 Å². The molecule has 0 aliphatic carbocycles. The van der Waals surface area contributed by atoms with Crippen LogP contribution in [0.25, 0.3) is 0 Å². The number of rotatable bonds is 1. The molecule has 0 saturated carbocycles. The maximum absolute atomic E-state index is 12.2. The van der Waals surface area contributed by atoms with Crippen molar-refractivity contribution >= 4 is 11.5 Å². The lowest BCUT2D eigenvalue weighted by Gasteiger charge is -2.26. The summed E-state index contributed by atoms with van der Waals surface area (Å²) >= 11 is 0. The monoisotopic (exact) mass is 271 g/mol. The number of para-hydroxylation sites is 1. The Morgan fingerprint density at radius 3 is 2.70 bits per heavy atom. The summed E-state index contributed by atoms with van der Waals surface area (Å²) in [7, 11) is 0. The number of anilines is 1. The van der Waals surface area contributed by atoms with E-state index in [2.05, 4.69) is 0 Å². The molecular formula is C15H13NO4. The number of phenols is 2. The van der Waals surface area contributed by atoms with E-state index in [4.69, 9.17) is 10.5 Å². The summed E-state index contributed by atoms with van der Waals surface area (Å²) in [5.74, 6) is -0.496. The van der Waals surface area contributed by atoms with Gasteiger partial charge < -0.3 is 20.7 Å². The largest absolute Gasteiger partial charge is 0.508 e. The van der Waals surface area contributed by atoms with Gasteiger partial charge in [-0.2, -0.15) is 0 Å². The van der Waals surface area contributed by atoms with E-state index < -0.39 is 6.10 Å². The number of Topliss-reactive ketones (excluding diaryl/α,β-unsaturated/α-hetero) is 1. The maximum Gasteiger partial charge on any atom is 0.174 e. The Morgan fingerprint density at radius 1 is 1.20 bits per heavy atom. The summed E-state index contributed by atoms with van der Waals surface area (Å²) in [6.07, 6.45) is -0.420. The molecule has 0 fully saturated rings. The summed E-state index contributed by atoms with van der Waals surface area (Å²) in [5.41, 5.74) is 7.25. The number of fused-ring (bicyclic) bond motifs is 1. The Hall–Kier alpha value is -2.69. The lowest BCUT2D eigenvalue weighted by molar-refractivity contribution is 0.0846. The third kappa shape index (κ3) is 1.93. The van der Waals surface area contributed by atoms with E-state index in [0.717, 1.165) is 6.07 Å². The van der Waals surface area contributed by atoms with Crippen molar-refractivity contribution < 1.29 is 19.7 Å². The molecule has 1 heterocycles. The fraction of sp³-hybridized carbons (Fsp3) is 0.133. The molecule has 0 amide bonds. The molecule has 5 heteroatoms. The van der Waals surface area contributed by atoms with Gasteiger partial charge >= 0.3 is 0 Å². The van der Waals surface area contributed by atoms with E-state index in [1.54, 1.807) is 18.2 Å². The molecular weight excluding hydrogens is 258 g/mol. The first-order valence-electron chi connectivity index (χ1n) is 6.16. The fourth-order valence-electron chi connectivity index (χ4n) is 2.40. The summed E-state index contributed by atoms with van der Waals surface area (Å²) in [4.78, 5) is 12.2. The SMILES string of the molecule is Nc1ccccc1C1CC(=O)c2c(O)cc(O)cc2O1. The zero-order valence-corrected chi connectivity index (χ0v) is 10.5. The summed E-state index contributed by atoms with van der Waals surface area (Å²) in [6, 6.07) is 9.58. The molecule has 0 aromatic heterocycles. The van der Waals surface area contributed by atoms with Gasteiger partial charge in [0.15, 0.2) is 5.78 Å². The van der Waals surface area contributed by atoms with Gasteiger partial charge in [0.25, 0.3) is 0 Å². The number of carbonyl (C=O) groups is 1. The number of hydrogen-bond acceptors (Lipinski definition) is 5. The van der Waals surface area contributed by atoms with Crippen molar-refractivity contribution in [3.63, 3.8) is 0 Å². The highest BCUT2D eigenvalue weighted by Crippen LogP contribution is 2.42. The Balaban J connectivity index is 2.05. The minimum Gasteiger partial charge on any atom is -0.508 e. The van der Waals surface area contributed by atoms with Gasteiger partial charge in [-0.15, -0.1) is 0 Å². The molecule has 20 heavy (non-hydrogen) atoms. The highest BCUT2D eigenvalue weighted by atomic mass is 16.5.